The molecule has 94 valence electrons. The zero-order valence-corrected chi connectivity index (χ0v) is 8.61. The molecule has 1 saturated heterocycles. The average molecular weight is 237 g/mol. The molecule has 0 amide bonds. The molecule has 0 bridgehead atoms. The molecule has 0 radical (unpaired) electrons. The zero-order chi connectivity index (χ0) is 12.5. The van der Waals surface area contributed by atoms with Crippen molar-refractivity contribution >= 4 is 5.97 Å². The van der Waals surface area contributed by atoms with E-state index in [9.17, 15) is 20.1 Å². The van der Waals surface area contributed by atoms with Crippen LogP contribution in [0.5, 0.6) is 0 Å². The minimum Gasteiger partial charge on any atom is -0.407 e. The molecule has 6 N–H and O–H groups in total. The van der Waals surface area contributed by atoms with Crippen LogP contribution < -0.4 is 5.73 Å². The molecule has 1 aliphatic heterocycles. The second-order valence-electron chi connectivity index (χ2n) is 3.57. The fourth-order valence-corrected chi connectivity index (χ4v) is 1.46. The number of rotatable bonds is 2. The summed E-state index contributed by atoms with van der Waals surface area (Å²) in [5, 5.41) is 37.5. The van der Waals surface area contributed by atoms with E-state index in [0.29, 0.717) is 0 Å². The number of carbonyl (C=O) groups excluding carboxylic acids is 1. The zero-order valence-electron chi connectivity index (χ0n) is 8.61. The first-order valence-corrected chi connectivity index (χ1v) is 4.64. The molecule has 0 aromatic rings. The molecule has 1 aliphatic rings. The minimum absolute atomic E-state index is 0.672. The number of ether oxygens (including phenoxy) is 2. The lowest BCUT2D eigenvalue weighted by atomic mass is 9.96. The Labute approximate surface area is 91.2 Å². The van der Waals surface area contributed by atoms with Gasteiger partial charge in [-0.2, -0.15) is 0 Å². The second kappa shape index (κ2) is 4.62. The van der Waals surface area contributed by atoms with Crippen molar-refractivity contribution in [1.29, 1.82) is 0 Å². The summed E-state index contributed by atoms with van der Waals surface area (Å²) in [6, 6.07) is -1.53. The fourth-order valence-electron chi connectivity index (χ4n) is 1.46. The van der Waals surface area contributed by atoms with Crippen molar-refractivity contribution in [3.63, 3.8) is 0 Å². The van der Waals surface area contributed by atoms with E-state index in [-0.39, 0.29) is 0 Å². The Balaban J connectivity index is 2.89. The summed E-state index contributed by atoms with van der Waals surface area (Å²) in [5.41, 5.74) is 5.37. The Morgan fingerprint density at radius 2 is 2.06 bits per heavy atom. The monoisotopic (exact) mass is 237 g/mol. The fraction of sp³-hybridized carbons (Fsp3) is 0.875. The van der Waals surface area contributed by atoms with Crippen molar-refractivity contribution in [1.82, 2.24) is 0 Å². The van der Waals surface area contributed by atoms with Crippen LogP contribution in [0.15, 0.2) is 0 Å². The molecule has 16 heavy (non-hydrogen) atoms. The van der Waals surface area contributed by atoms with E-state index in [2.05, 4.69) is 4.74 Å². The maximum atomic E-state index is 10.7. The van der Waals surface area contributed by atoms with E-state index in [1.807, 2.05) is 0 Å². The highest BCUT2D eigenvalue weighted by Crippen LogP contribution is 2.27. The largest absolute Gasteiger partial charge is 0.407 e. The first-order chi connectivity index (χ1) is 7.31. The highest BCUT2D eigenvalue weighted by Gasteiger charge is 2.54. The van der Waals surface area contributed by atoms with Crippen molar-refractivity contribution in [2.45, 2.75) is 37.3 Å². The van der Waals surface area contributed by atoms with E-state index >= 15 is 0 Å². The number of aliphatic hydroxyl groups is 4. The van der Waals surface area contributed by atoms with Crippen LogP contribution in [0, 0.1) is 0 Å². The van der Waals surface area contributed by atoms with Gasteiger partial charge < -0.3 is 35.6 Å². The molecule has 1 rings (SSSR count). The molecule has 1 heterocycles. The lowest BCUT2D eigenvalue weighted by Gasteiger charge is -2.44. The lowest BCUT2D eigenvalue weighted by Crippen LogP contribution is -2.69. The lowest BCUT2D eigenvalue weighted by molar-refractivity contribution is -0.406. The number of hydrogen-bond acceptors (Lipinski definition) is 8. The van der Waals surface area contributed by atoms with Crippen molar-refractivity contribution in [2.75, 3.05) is 6.61 Å². The van der Waals surface area contributed by atoms with Gasteiger partial charge in [-0.05, 0) is 0 Å². The summed E-state index contributed by atoms with van der Waals surface area (Å²) in [6.07, 6.45) is -4.36. The Morgan fingerprint density at radius 1 is 1.50 bits per heavy atom. The predicted octanol–water partition coefficient (Wildman–Crippen LogP) is -3.36. The Morgan fingerprint density at radius 3 is 2.50 bits per heavy atom. The van der Waals surface area contributed by atoms with Crippen molar-refractivity contribution in [2.24, 2.45) is 5.73 Å². The molecule has 0 spiro atoms. The first kappa shape index (κ1) is 13.3. The van der Waals surface area contributed by atoms with Crippen LogP contribution >= 0.6 is 0 Å². The Bertz CT molecular complexity index is 271. The molecule has 0 unspecified atom stereocenters. The maximum Gasteiger partial charge on any atom is 0.345 e. The summed E-state index contributed by atoms with van der Waals surface area (Å²) in [6.45, 7) is 0.341. The van der Waals surface area contributed by atoms with Gasteiger partial charge in [0.15, 0.2) is 0 Å². The van der Waals surface area contributed by atoms with E-state index < -0.39 is 42.9 Å². The first-order valence-electron chi connectivity index (χ1n) is 4.64. The third kappa shape index (κ3) is 2.32. The quantitative estimate of drug-likeness (QED) is 0.247. The summed E-state index contributed by atoms with van der Waals surface area (Å²) in [5.74, 6) is -3.43. The van der Waals surface area contributed by atoms with E-state index in [0.717, 1.165) is 6.92 Å². The number of esters is 1. The van der Waals surface area contributed by atoms with E-state index in [1.54, 1.807) is 0 Å². The molecule has 0 aliphatic carbocycles. The number of aliphatic hydroxyl groups excluding tert-OH is 3. The van der Waals surface area contributed by atoms with Gasteiger partial charge in [0.2, 0.25) is 0 Å². The average Bonchev–Trinajstić information content (AvgIpc) is 2.20. The maximum absolute atomic E-state index is 10.7. The number of hydrogen-bond donors (Lipinski definition) is 5. The third-order valence-electron chi connectivity index (χ3n) is 2.31. The molecule has 0 aromatic carbocycles. The van der Waals surface area contributed by atoms with Crippen LogP contribution in [-0.2, 0) is 14.3 Å². The summed E-state index contributed by atoms with van der Waals surface area (Å²) < 4.78 is 9.19. The molecular weight excluding hydrogens is 222 g/mol. The van der Waals surface area contributed by atoms with Gasteiger partial charge in [-0.25, -0.2) is 0 Å². The predicted molar refractivity (Wildman–Crippen MR) is 48.7 cm³/mol. The van der Waals surface area contributed by atoms with Gasteiger partial charge in [0.1, 0.15) is 24.4 Å². The standard InChI is InChI=1S/C8H15NO7/c1-3(11)15-8(14)7(9)6(13)5(12)4(2-10)16-8/h4-7,10,12-14H,2,9H2,1H3/t4-,5-,6+,7-,8+/m1/s1. The molecule has 0 saturated carbocycles. The van der Waals surface area contributed by atoms with E-state index in [4.69, 9.17) is 15.6 Å². The van der Waals surface area contributed by atoms with Crippen LogP contribution in [0.25, 0.3) is 0 Å². The van der Waals surface area contributed by atoms with Crippen LogP contribution in [0.3, 0.4) is 0 Å². The summed E-state index contributed by atoms with van der Waals surface area (Å²) in [7, 11) is 0. The molecule has 8 nitrogen and oxygen atoms in total. The van der Waals surface area contributed by atoms with Crippen LogP contribution in [0.4, 0.5) is 0 Å². The number of carbonyl (C=O) groups is 1. The van der Waals surface area contributed by atoms with Gasteiger partial charge in [-0.1, -0.05) is 0 Å². The van der Waals surface area contributed by atoms with Crippen LogP contribution in [0.2, 0.25) is 0 Å². The van der Waals surface area contributed by atoms with E-state index in [1.165, 1.54) is 0 Å². The topological polar surface area (TPSA) is 142 Å². The summed E-state index contributed by atoms with van der Waals surface area (Å²) >= 11 is 0. The molecule has 5 atom stereocenters. The van der Waals surface area contributed by atoms with Crippen LogP contribution in [-0.4, -0.2) is 63.3 Å². The molecule has 8 heteroatoms. The van der Waals surface area contributed by atoms with Gasteiger partial charge in [0.05, 0.1) is 6.61 Å². The minimum atomic E-state index is -2.56. The van der Waals surface area contributed by atoms with Crippen molar-refractivity contribution in [3.8, 4) is 0 Å². The summed E-state index contributed by atoms with van der Waals surface area (Å²) in [4.78, 5) is 10.7. The van der Waals surface area contributed by atoms with Gasteiger partial charge in [0.25, 0.3) is 0 Å². The molecular formula is C8H15NO7. The van der Waals surface area contributed by atoms with Gasteiger partial charge in [-0.3, -0.25) is 4.79 Å². The Kier molecular flexibility index (Phi) is 3.84. The molecule has 1 fully saturated rings. The SMILES string of the molecule is CC(=O)O[C@]1(O)O[C@H](CO)[C@@H](O)[C@H](O)[C@H]1N. The van der Waals surface area contributed by atoms with Crippen molar-refractivity contribution in [3.05, 3.63) is 0 Å². The van der Waals surface area contributed by atoms with Gasteiger partial charge in [-0.15, -0.1) is 0 Å². The second-order valence-corrected chi connectivity index (χ2v) is 3.57. The smallest absolute Gasteiger partial charge is 0.345 e. The molecule has 0 aromatic heterocycles. The van der Waals surface area contributed by atoms with Crippen molar-refractivity contribution < 1.29 is 34.7 Å². The third-order valence-corrected chi connectivity index (χ3v) is 2.31. The number of nitrogens with two attached hydrogens (primary N) is 1. The van der Waals surface area contributed by atoms with Crippen LogP contribution in [0.1, 0.15) is 6.92 Å². The highest BCUT2D eigenvalue weighted by atomic mass is 16.8. The Hall–Kier alpha value is -0.770. The van der Waals surface area contributed by atoms with Gasteiger partial charge in [0, 0.05) is 6.92 Å². The highest BCUT2D eigenvalue weighted by molar-refractivity contribution is 5.66. The van der Waals surface area contributed by atoms with Gasteiger partial charge >= 0.3 is 11.9 Å². The normalized spacial score (nSPS) is 44.1.